The Morgan fingerprint density at radius 2 is 2.09 bits per heavy atom. The fourth-order valence-corrected chi connectivity index (χ4v) is 3.10. The smallest absolute Gasteiger partial charge is 0.331 e. The van der Waals surface area contributed by atoms with E-state index in [-0.39, 0.29) is 24.1 Å². The summed E-state index contributed by atoms with van der Waals surface area (Å²) >= 11 is 0. The lowest BCUT2D eigenvalue weighted by Gasteiger charge is -2.31. The van der Waals surface area contributed by atoms with E-state index in [0.29, 0.717) is 19.0 Å². The molecule has 1 aromatic heterocycles. The van der Waals surface area contributed by atoms with Crippen LogP contribution in [0.15, 0.2) is 15.8 Å². The minimum Gasteiger partial charge on any atom is -0.341 e. The highest BCUT2D eigenvalue weighted by atomic mass is 16.2. The summed E-state index contributed by atoms with van der Waals surface area (Å²) in [6, 6.07) is 1.88. The Labute approximate surface area is 133 Å². The largest absolute Gasteiger partial charge is 0.341 e. The van der Waals surface area contributed by atoms with E-state index >= 15 is 0 Å². The molecule has 0 aromatic carbocycles. The molecule has 0 N–H and O–H groups in total. The number of likely N-dealkylation sites (tertiary alicyclic amines) is 1. The average Bonchev–Trinajstić information content (AvgIpc) is 3.36. The molecule has 1 aromatic rings. The van der Waals surface area contributed by atoms with Crippen molar-refractivity contribution in [2.75, 3.05) is 13.1 Å². The Hall–Kier alpha value is -2.36. The van der Waals surface area contributed by atoms with Crippen molar-refractivity contribution < 1.29 is 4.79 Å². The average molecular weight is 316 g/mol. The molecular weight excluding hydrogens is 296 g/mol. The highest BCUT2D eigenvalue weighted by Crippen LogP contribution is 2.33. The summed E-state index contributed by atoms with van der Waals surface area (Å²) in [5.41, 5.74) is -1.25. The molecule has 2 aliphatic rings. The minimum atomic E-state index is -0.673. The number of nitriles is 1. The third-order valence-corrected chi connectivity index (χ3v) is 4.56. The van der Waals surface area contributed by atoms with Crippen molar-refractivity contribution in [3.63, 3.8) is 0 Å². The summed E-state index contributed by atoms with van der Waals surface area (Å²) in [4.78, 5) is 38.9. The van der Waals surface area contributed by atoms with Crippen LogP contribution in [0.2, 0.25) is 0 Å². The van der Waals surface area contributed by atoms with Gasteiger partial charge in [0, 0.05) is 25.3 Å². The number of hydrogen-bond acceptors (Lipinski definition) is 4. The van der Waals surface area contributed by atoms with Gasteiger partial charge in [0.2, 0.25) is 5.91 Å². The van der Waals surface area contributed by atoms with E-state index in [0.717, 1.165) is 30.3 Å². The first kappa shape index (κ1) is 15.5. The molecule has 23 heavy (non-hydrogen) atoms. The molecule has 2 heterocycles. The monoisotopic (exact) mass is 316 g/mol. The normalized spacial score (nSPS) is 21.0. The number of carbonyl (C=O) groups is 1. The van der Waals surface area contributed by atoms with Crippen molar-refractivity contribution >= 4 is 5.91 Å². The zero-order valence-electron chi connectivity index (χ0n) is 13.2. The third-order valence-electron chi connectivity index (χ3n) is 4.56. The number of piperidine rings is 1. The van der Waals surface area contributed by atoms with E-state index in [1.807, 2.05) is 6.07 Å². The van der Waals surface area contributed by atoms with Gasteiger partial charge in [-0.15, -0.1) is 0 Å². The Balaban J connectivity index is 1.91. The maximum absolute atomic E-state index is 12.5. The number of amides is 1. The molecule has 7 nitrogen and oxygen atoms in total. The van der Waals surface area contributed by atoms with Crippen LogP contribution < -0.4 is 11.2 Å². The van der Waals surface area contributed by atoms with Gasteiger partial charge in [0.25, 0.3) is 5.56 Å². The number of rotatable bonds is 3. The van der Waals surface area contributed by atoms with Crippen molar-refractivity contribution in [3.05, 3.63) is 32.6 Å². The van der Waals surface area contributed by atoms with E-state index in [1.165, 1.54) is 10.8 Å². The first-order valence-electron chi connectivity index (χ1n) is 8.05. The van der Waals surface area contributed by atoms with Gasteiger partial charge in [0.1, 0.15) is 18.2 Å². The fourth-order valence-electron chi connectivity index (χ4n) is 3.10. The second-order valence-corrected chi connectivity index (χ2v) is 6.55. The van der Waals surface area contributed by atoms with Crippen LogP contribution in [0.1, 0.15) is 44.2 Å². The Kier molecular flexibility index (Phi) is 4.07. The predicted molar refractivity (Wildman–Crippen MR) is 82.9 cm³/mol. The second kappa shape index (κ2) is 6.03. The minimum absolute atomic E-state index is 0.0477. The molecule has 1 aliphatic carbocycles. The number of hydrogen-bond donors (Lipinski definition) is 0. The van der Waals surface area contributed by atoms with E-state index in [4.69, 9.17) is 5.26 Å². The van der Waals surface area contributed by atoms with Gasteiger partial charge in [-0.2, -0.15) is 5.26 Å². The molecule has 0 bridgehead atoms. The van der Waals surface area contributed by atoms with Crippen molar-refractivity contribution in [2.45, 2.75) is 45.2 Å². The van der Waals surface area contributed by atoms with Crippen LogP contribution in [0.5, 0.6) is 0 Å². The molecule has 0 unspecified atom stereocenters. The van der Waals surface area contributed by atoms with Crippen molar-refractivity contribution in [1.29, 1.82) is 5.26 Å². The molecule has 1 saturated carbocycles. The molecular formula is C16H20N4O3. The second-order valence-electron chi connectivity index (χ2n) is 6.55. The molecule has 2 fully saturated rings. The Morgan fingerprint density at radius 3 is 2.70 bits per heavy atom. The number of aromatic nitrogens is 2. The van der Waals surface area contributed by atoms with E-state index < -0.39 is 11.2 Å². The molecule has 3 rings (SSSR count). The molecule has 0 spiro atoms. The van der Waals surface area contributed by atoms with Gasteiger partial charge in [-0.25, -0.2) is 9.36 Å². The molecule has 1 aliphatic heterocycles. The van der Waals surface area contributed by atoms with Gasteiger partial charge in [-0.05, 0) is 31.6 Å². The Bertz CT molecular complexity index is 782. The summed E-state index contributed by atoms with van der Waals surface area (Å²) in [7, 11) is 0. The molecule has 1 saturated heterocycles. The van der Waals surface area contributed by atoms with Crippen LogP contribution in [0.3, 0.4) is 0 Å². The molecule has 1 atom stereocenters. The number of nitrogens with zero attached hydrogens (tertiary/aromatic N) is 4. The highest BCUT2D eigenvalue weighted by Gasteiger charge is 2.28. The van der Waals surface area contributed by atoms with E-state index in [9.17, 15) is 14.4 Å². The van der Waals surface area contributed by atoms with Crippen molar-refractivity contribution in [1.82, 2.24) is 14.0 Å². The zero-order valence-corrected chi connectivity index (χ0v) is 13.2. The van der Waals surface area contributed by atoms with Crippen molar-refractivity contribution in [2.24, 2.45) is 5.92 Å². The van der Waals surface area contributed by atoms with Gasteiger partial charge in [0.05, 0.1) is 0 Å². The Morgan fingerprint density at radius 1 is 1.35 bits per heavy atom. The lowest BCUT2D eigenvalue weighted by Crippen LogP contribution is -2.47. The molecule has 122 valence electrons. The van der Waals surface area contributed by atoms with Gasteiger partial charge < -0.3 is 4.90 Å². The van der Waals surface area contributed by atoms with Crippen LogP contribution in [0.25, 0.3) is 0 Å². The van der Waals surface area contributed by atoms with Crippen LogP contribution in [0, 0.1) is 17.2 Å². The summed E-state index contributed by atoms with van der Waals surface area (Å²) in [6.45, 7) is 3.11. The summed E-state index contributed by atoms with van der Waals surface area (Å²) in [5, 5.41) is 9.10. The molecule has 1 amide bonds. The van der Waals surface area contributed by atoms with Crippen LogP contribution in [-0.4, -0.2) is 33.0 Å². The highest BCUT2D eigenvalue weighted by molar-refractivity contribution is 5.76. The SMILES string of the molecule is C[C@H]1CCCN(C(=O)Cn2c(=O)c(C#N)cn(C3CC3)c2=O)C1. The quantitative estimate of drug-likeness (QED) is 0.811. The van der Waals surface area contributed by atoms with E-state index in [1.54, 1.807) is 4.90 Å². The topological polar surface area (TPSA) is 88.1 Å². The van der Waals surface area contributed by atoms with Gasteiger partial charge in [0.15, 0.2) is 0 Å². The first-order chi connectivity index (χ1) is 11.0. The first-order valence-corrected chi connectivity index (χ1v) is 8.05. The molecule has 7 heteroatoms. The maximum atomic E-state index is 12.5. The van der Waals surface area contributed by atoms with Crippen LogP contribution in [0.4, 0.5) is 0 Å². The van der Waals surface area contributed by atoms with Gasteiger partial charge in [-0.1, -0.05) is 6.92 Å². The lowest BCUT2D eigenvalue weighted by molar-refractivity contribution is -0.133. The fraction of sp³-hybridized carbons (Fsp3) is 0.625. The van der Waals surface area contributed by atoms with Gasteiger partial charge in [-0.3, -0.25) is 14.2 Å². The van der Waals surface area contributed by atoms with Crippen molar-refractivity contribution in [3.8, 4) is 6.07 Å². The summed E-state index contributed by atoms with van der Waals surface area (Å²) < 4.78 is 2.34. The third kappa shape index (κ3) is 3.07. The summed E-state index contributed by atoms with van der Waals surface area (Å²) in [5.74, 6) is 0.200. The van der Waals surface area contributed by atoms with Crippen LogP contribution in [-0.2, 0) is 11.3 Å². The lowest BCUT2D eigenvalue weighted by atomic mass is 10.0. The van der Waals surface area contributed by atoms with Gasteiger partial charge >= 0.3 is 5.69 Å². The van der Waals surface area contributed by atoms with E-state index in [2.05, 4.69) is 6.92 Å². The standard InChI is InChI=1S/C16H20N4O3/c1-11-3-2-6-18(8-11)14(21)10-20-15(22)12(7-17)9-19(16(20)23)13-4-5-13/h9,11,13H,2-6,8,10H2,1H3/t11-/m0/s1. The predicted octanol–water partition coefficient (Wildman–Crippen LogP) is 0.475. The maximum Gasteiger partial charge on any atom is 0.331 e. The molecule has 0 radical (unpaired) electrons. The zero-order chi connectivity index (χ0) is 16.6. The number of carbonyl (C=O) groups excluding carboxylic acids is 1. The summed E-state index contributed by atoms with van der Waals surface area (Å²) in [6.07, 6.45) is 5.07. The van der Waals surface area contributed by atoms with Crippen LogP contribution >= 0.6 is 0 Å².